The molecule has 0 spiro atoms. The van der Waals surface area contributed by atoms with E-state index >= 15 is 0 Å². The van der Waals surface area contributed by atoms with Gasteiger partial charge in [-0.1, -0.05) is 13.8 Å². The van der Waals surface area contributed by atoms with Crippen molar-refractivity contribution in [2.45, 2.75) is 83.1 Å². The van der Waals surface area contributed by atoms with Crippen LogP contribution in [0, 0.1) is 10.8 Å². The first-order valence-corrected chi connectivity index (χ1v) is 8.04. The molecule has 0 radical (unpaired) electrons. The molecule has 152 valence electrons. The predicted octanol–water partition coefficient (Wildman–Crippen LogP) is 3.33. The minimum Gasteiger partial charge on any atom is -0.455 e. The molecule has 2 atom stereocenters. The third kappa shape index (κ3) is 2.63. The Morgan fingerprint density at radius 1 is 1.04 bits per heavy atom. The fraction of sp³-hybridized carbons (Fsp3) is 0.938. The van der Waals surface area contributed by atoms with Gasteiger partial charge in [-0.05, 0) is 39.5 Å². The average molecular weight is 391 g/mol. The summed E-state index contributed by atoms with van der Waals surface area (Å²) in [5, 5.41) is 12.6. The summed E-state index contributed by atoms with van der Waals surface area (Å²) in [5.74, 6) is -1.18. The van der Waals surface area contributed by atoms with Crippen molar-refractivity contribution in [1.82, 2.24) is 5.32 Å². The molecule has 10 heteroatoms. The van der Waals surface area contributed by atoms with Crippen LogP contribution in [0.1, 0.15) is 48.0 Å². The molecule has 1 saturated carbocycles. The molecule has 2 fully saturated rings. The molecular formula is C16H23F6NO3. The Hall–Kier alpha value is -1.03. The second kappa shape index (κ2) is 5.06. The van der Waals surface area contributed by atoms with Gasteiger partial charge in [-0.2, -0.15) is 26.3 Å². The zero-order valence-corrected chi connectivity index (χ0v) is 15.3. The molecule has 0 amide bonds. The SMILES string of the molecule is CC1(C)NC1C1(C(=O)OC(C)(C)C(O)(C(F)(F)F)C(F)(F)F)CC1(C)C. The number of hydrogen-bond acceptors (Lipinski definition) is 4. The average Bonchev–Trinajstić information content (AvgIpc) is 3.18. The summed E-state index contributed by atoms with van der Waals surface area (Å²) in [7, 11) is 0. The Labute approximate surface area is 147 Å². The number of carbonyl (C=O) groups is 1. The van der Waals surface area contributed by atoms with Gasteiger partial charge in [0.1, 0.15) is 0 Å². The first-order chi connectivity index (χ1) is 11.2. The van der Waals surface area contributed by atoms with E-state index in [0.29, 0.717) is 13.8 Å². The minimum atomic E-state index is -6.08. The third-order valence-electron chi connectivity index (χ3n) is 5.85. The van der Waals surface area contributed by atoms with Crippen LogP contribution in [0.5, 0.6) is 0 Å². The van der Waals surface area contributed by atoms with E-state index in [2.05, 4.69) is 5.32 Å². The maximum absolute atomic E-state index is 13.1. The van der Waals surface area contributed by atoms with E-state index in [0.717, 1.165) is 0 Å². The largest absolute Gasteiger partial charge is 0.455 e. The van der Waals surface area contributed by atoms with Crippen molar-refractivity contribution in [2.24, 2.45) is 10.8 Å². The number of ether oxygens (including phenoxy) is 1. The quantitative estimate of drug-likeness (QED) is 0.438. The van der Waals surface area contributed by atoms with Gasteiger partial charge < -0.3 is 15.2 Å². The molecule has 2 rings (SSSR count). The van der Waals surface area contributed by atoms with Crippen LogP contribution < -0.4 is 5.32 Å². The van der Waals surface area contributed by atoms with Crippen LogP contribution in [-0.2, 0) is 9.53 Å². The molecule has 2 aliphatic rings. The highest BCUT2D eigenvalue weighted by Crippen LogP contribution is 2.70. The molecular weight excluding hydrogens is 368 g/mol. The van der Waals surface area contributed by atoms with Crippen LogP contribution in [0.2, 0.25) is 0 Å². The standard InChI is InChI=1S/C16H23F6NO3/c1-10(2)7-13(10,8-11(3,4)23-8)9(24)26-12(5,6)14(25,15(17,18)19)16(20,21)22/h8,23,25H,7H2,1-6H3. The lowest BCUT2D eigenvalue weighted by molar-refractivity contribution is -0.407. The normalized spacial score (nSPS) is 30.7. The number of hydrogen-bond donors (Lipinski definition) is 2. The molecule has 0 aromatic carbocycles. The summed E-state index contributed by atoms with van der Waals surface area (Å²) in [4.78, 5) is 12.7. The summed E-state index contributed by atoms with van der Waals surface area (Å²) in [6, 6.07) is -0.432. The van der Waals surface area contributed by atoms with E-state index in [9.17, 15) is 36.2 Å². The molecule has 1 aliphatic heterocycles. The second-order valence-corrected chi connectivity index (χ2v) is 8.94. The number of esters is 1. The Kier molecular flexibility index (Phi) is 4.14. The zero-order chi connectivity index (χ0) is 20.8. The number of aliphatic hydroxyl groups is 1. The highest BCUT2D eigenvalue weighted by atomic mass is 19.4. The van der Waals surface area contributed by atoms with Crippen molar-refractivity contribution < 1.29 is 41.0 Å². The predicted molar refractivity (Wildman–Crippen MR) is 79.1 cm³/mol. The Bertz CT molecular complexity index is 608. The van der Waals surface area contributed by atoms with Crippen molar-refractivity contribution in [1.29, 1.82) is 0 Å². The summed E-state index contributed by atoms with van der Waals surface area (Å²) < 4.78 is 83.5. The summed E-state index contributed by atoms with van der Waals surface area (Å²) in [6.45, 7) is 7.76. The van der Waals surface area contributed by atoms with E-state index in [1.54, 1.807) is 27.7 Å². The van der Waals surface area contributed by atoms with Gasteiger partial charge in [0.05, 0.1) is 5.41 Å². The van der Waals surface area contributed by atoms with Gasteiger partial charge in [-0.15, -0.1) is 0 Å². The maximum Gasteiger partial charge on any atom is 0.430 e. The zero-order valence-electron chi connectivity index (χ0n) is 15.3. The van der Waals surface area contributed by atoms with Crippen LogP contribution in [0.25, 0.3) is 0 Å². The first-order valence-electron chi connectivity index (χ1n) is 8.04. The van der Waals surface area contributed by atoms with E-state index in [1.807, 2.05) is 0 Å². The molecule has 1 heterocycles. The van der Waals surface area contributed by atoms with Crippen molar-refractivity contribution in [3.63, 3.8) is 0 Å². The molecule has 0 bridgehead atoms. The van der Waals surface area contributed by atoms with Crippen LogP contribution in [0.15, 0.2) is 0 Å². The number of halogens is 6. The molecule has 2 N–H and O–H groups in total. The van der Waals surface area contributed by atoms with Gasteiger partial charge >= 0.3 is 18.3 Å². The smallest absolute Gasteiger partial charge is 0.430 e. The van der Waals surface area contributed by atoms with Gasteiger partial charge in [0.25, 0.3) is 5.60 Å². The number of nitrogens with one attached hydrogen (secondary N) is 1. The third-order valence-corrected chi connectivity index (χ3v) is 5.85. The Morgan fingerprint density at radius 3 is 1.62 bits per heavy atom. The van der Waals surface area contributed by atoms with Gasteiger partial charge in [-0.3, -0.25) is 4.79 Å². The molecule has 4 nitrogen and oxygen atoms in total. The van der Waals surface area contributed by atoms with Gasteiger partial charge in [-0.25, -0.2) is 0 Å². The monoisotopic (exact) mass is 391 g/mol. The molecule has 2 unspecified atom stereocenters. The Balaban J connectivity index is 2.38. The minimum absolute atomic E-state index is 0.256. The van der Waals surface area contributed by atoms with E-state index in [1.165, 1.54) is 0 Å². The van der Waals surface area contributed by atoms with Gasteiger partial charge in [0.15, 0.2) is 5.60 Å². The lowest BCUT2D eigenvalue weighted by Gasteiger charge is -2.43. The second-order valence-electron chi connectivity index (χ2n) is 8.94. The lowest BCUT2D eigenvalue weighted by Crippen LogP contribution is -2.70. The summed E-state index contributed by atoms with van der Waals surface area (Å²) in [5.41, 5.74) is -10.9. The van der Waals surface area contributed by atoms with Crippen molar-refractivity contribution in [3.05, 3.63) is 0 Å². The van der Waals surface area contributed by atoms with Crippen LogP contribution >= 0.6 is 0 Å². The highest BCUT2D eigenvalue weighted by Gasteiger charge is 2.82. The fourth-order valence-corrected chi connectivity index (χ4v) is 3.92. The van der Waals surface area contributed by atoms with Gasteiger partial charge in [0.2, 0.25) is 0 Å². The molecule has 1 saturated heterocycles. The van der Waals surface area contributed by atoms with Crippen molar-refractivity contribution >= 4 is 5.97 Å². The maximum atomic E-state index is 13.1. The number of alkyl halides is 6. The van der Waals surface area contributed by atoms with E-state index in [-0.39, 0.29) is 6.42 Å². The molecule has 0 aromatic heterocycles. The first kappa shape index (κ1) is 21.3. The lowest BCUT2D eigenvalue weighted by atomic mass is 9.82. The molecule has 1 aliphatic carbocycles. The van der Waals surface area contributed by atoms with Crippen LogP contribution in [-0.4, -0.2) is 46.2 Å². The van der Waals surface area contributed by atoms with E-state index in [4.69, 9.17) is 4.74 Å². The number of rotatable bonds is 4. The van der Waals surface area contributed by atoms with Gasteiger partial charge in [0, 0.05) is 11.6 Å². The van der Waals surface area contributed by atoms with E-state index < -0.39 is 51.9 Å². The Morgan fingerprint density at radius 2 is 1.38 bits per heavy atom. The highest BCUT2D eigenvalue weighted by molar-refractivity contribution is 5.84. The molecule has 0 aromatic rings. The topological polar surface area (TPSA) is 68.5 Å². The fourth-order valence-electron chi connectivity index (χ4n) is 3.92. The van der Waals surface area contributed by atoms with Crippen LogP contribution in [0.4, 0.5) is 26.3 Å². The van der Waals surface area contributed by atoms with Crippen molar-refractivity contribution in [2.75, 3.05) is 0 Å². The summed E-state index contributed by atoms with van der Waals surface area (Å²) >= 11 is 0. The summed E-state index contributed by atoms with van der Waals surface area (Å²) in [6.07, 6.45) is -11.9. The molecule has 26 heavy (non-hydrogen) atoms. The van der Waals surface area contributed by atoms with Crippen LogP contribution in [0.3, 0.4) is 0 Å². The van der Waals surface area contributed by atoms with Crippen molar-refractivity contribution in [3.8, 4) is 0 Å². The number of carbonyl (C=O) groups excluding carboxylic acids is 1.